The smallest absolute Gasteiger partial charge is 0.0958 e. The van der Waals surface area contributed by atoms with Gasteiger partial charge >= 0.3 is 0 Å². The summed E-state index contributed by atoms with van der Waals surface area (Å²) in [4.78, 5) is 0. The third kappa shape index (κ3) is 6.51. The molecule has 0 aliphatic carbocycles. The van der Waals surface area contributed by atoms with Crippen molar-refractivity contribution >= 4 is 11.8 Å². The van der Waals surface area contributed by atoms with Gasteiger partial charge in [0.25, 0.3) is 0 Å². The van der Waals surface area contributed by atoms with Crippen LogP contribution in [0, 0.1) is 11.3 Å². The van der Waals surface area contributed by atoms with E-state index < -0.39 is 0 Å². The van der Waals surface area contributed by atoms with Crippen molar-refractivity contribution in [2.24, 2.45) is 0 Å². The summed E-state index contributed by atoms with van der Waals surface area (Å²) >= 11 is 1.90. The predicted octanol–water partition coefficient (Wildman–Crippen LogP) is 2.02. The Bertz CT molecular complexity index is 155. The lowest BCUT2D eigenvalue weighted by Crippen LogP contribution is -2.24. The van der Waals surface area contributed by atoms with Crippen molar-refractivity contribution in [2.45, 2.75) is 38.0 Å². The van der Waals surface area contributed by atoms with Gasteiger partial charge in [0, 0.05) is 4.75 Å². The lowest BCUT2D eigenvalue weighted by molar-refractivity contribution is 0.661. The first-order chi connectivity index (χ1) is 5.49. The first-order valence-corrected chi connectivity index (χ1v) is 5.19. The number of hydrogen-bond acceptors (Lipinski definition) is 3. The molecule has 0 heterocycles. The Labute approximate surface area is 79.7 Å². The van der Waals surface area contributed by atoms with Crippen molar-refractivity contribution in [1.29, 1.82) is 5.26 Å². The van der Waals surface area contributed by atoms with Crippen molar-refractivity contribution in [1.82, 2.24) is 5.32 Å². The highest BCUT2D eigenvalue weighted by molar-refractivity contribution is 8.00. The standard InChI is InChI=1S/C9H18N2S/c1-9(2,3)12-6-5-8(7-10)11-4/h8,11H,5-6H2,1-4H3. The molecule has 1 atom stereocenters. The molecule has 0 aromatic carbocycles. The topological polar surface area (TPSA) is 35.8 Å². The van der Waals surface area contributed by atoms with Crippen LogP contribution in [0.25, 0.3) is 0 Å². The molecule has 0 aromatic heterocycles. The van der Waals surface area contributed by atoms with E-state index in [0.717, 1.165) is 12.2 Å². The number of hydrogen-bond donors (Lipinski definition) is 1. The molecule has 0 aromatic rings. The number of nitrogens with one attached hydrogen (secondary N) is 1. The maximum Gasteiger partial charge on any atom is 0.0958 e. The van der Waals surface area contributed by atoms with Crippen LogP contribution >= 0.6 is 11.8 Å². The van der Waals surface area contributed by atoms with E-state index in [2.05, 4.69) is 32.2 Å². The highest BCUT2D eigenvalue weighted by atomic mass is 32.2. The van der Waals surface area contributed by atoms with Crippen LogP contribution < -0.4 is 5.32 Å². The van der Waals surface area contributed by atoms with Crippen molar-refractivity contribution in [3.63, 3.8) is 0 Å². The lowest BCUT2D eigenvalue weighted by atomic mass is 10.2. The first kappa shape index (κ1) is 11.8. The Morgan fingerprint density at radius 2 is 2.08 bits per heavy atom. The highest BCUT2D eigenvalue weighted by Gasteiger charge is 2.11. The molecule has 0 aliphatic rings. The van der Waals surface area contributed by atoms with Crippen LogP contribution in [0.4, 0.5) is 0 Å². The van der Waals surface area contributed by atoms with Crippen molar-refractivity contribution in [3.05, 3.63) is 0 Å². The molecule has 0 bridgehead atoms. The van der Waals surface area contributed by atoms with Crippen LogP contribution in [0.1, 0.15) is 27.2 Å². The van der Waals surface area contributed by atoms with E-state index in [1.807, 2.05) is 18.8 Å². The van der Waals surface area contributed by atoms with E-state index in [1.165, 1.54) is 0 Å². The molecule has 0 spiro atoms. The fraction of sp³-hybridized carbons (Fsp3) is 0.889. The second-order valence-corrected chi connectivity index (χ2v) is 5.64. The SMILES string of the molecule is CNC(C#N)CCSC(C)(C)C. The lowest BCUT2D eigenvalue weighted by Gasteiger charge is -2.18. The summed E-state index contributed by atoms with van der Waals surface area (Å²) in [7, 11) is 1.83. The summed E-state index contributed by atoms with van der Waals surface area (Å²) in [6.07, 6.45) is 0.926. The summed E-state index contributed by atoms with van der Waals surface area (Å²) in [5.74, 6) is 1.04. The minimum atomic E-state index is 0.0137. The second-order valence-electron chi connectivity index (χ2n) is 3.72. The molecule has 3 heteroatoms. The quantitative estimate of drug-likeness (QED) is 0.729. The maximum atomic E-state index is 8.63. The summed E-state index contributed by atoms with van der Waals surface area (Å²) in [5, 5.41) is 11.6. The van der Waals surface area contributed by atoms with Crippen LogP contribution in [-0.2, 0) is 0 Å². The summed E-state index contributed by atoms with van der Waals surface area (Å²) in [6.45, 7) is 6.58. The molecule has 0 saturated heterocycles. The van der Waals surface area contributed by atoms with Crippen LogP contribution in [0.2, 0.25) is 0 Å². The van der Waals surface area contributed by atoms with Crippen molar-refractivity contribution in [2.75, 3.05) is 12.8 Å². The van der Waals surface area contributed by atoms with Gasteiger partial charge < -0.3 is 5.32 Å². The van der Waals surface area contributed by atoms with Gasteiger partial charge in [-0.2, -0.15) is 17.0 Å². The van der Waals surface area contributed by atoms with E-state index in [4.69, 9.17) is 5.26 Å². The van der Waals surface area contributed by atoms with Crippen molar-refractivity contribution < 1.29 is 0 Å². The van der Waals surface area contributed by atoms with Gasteiger partial charge in [-0.15, -0.1) is 0 Å². The van der Waals surface area contributed by atoms with E-state index in [0.29, 0.717) is 4.75 Å². The van der Waals surface area contributed by atoms with E-state index in [1.54, 1.807) is 0 Å². The molecule has 0 rings (SSSR count). The maximum absolute atomic E-state index is 8.63. The Kier molecular flexibility index (Phi) is 5.36. The predicted molar refractivity (Wildman–Crippen MR) is 55.3 cm³/mol. The summed E-state index contributed by atoms with van der Waals surface area (Å²) < 4.78 is 0.313. The molecular weight excluding hydrogens is 168 g/mol. The second kappa shape index (κ2) is 5.45. The van der Waals surface area contributed by atoms with Crippen LogP contribution in [0.3, 0.4) is 0 Å². The molecule has 1 unspecified atom stereocenters. The minimum Gasteiger partial charge on any atom is -0.305 e. The molecule has 0 fully saturated rings. The average molecular weight is 186 g/mol. The zero-order valence-electron chi connectivity index (χ0n) is 8.35. The van der Waals surface area contributed by atoms with E-state index in [9.17, 15) is 0 Å². The van der Waals surface area contributed by atoms with E-state index in [-0.39, 0.29) is 6.04 Å². The Balaban J connectivity index is 3.50. The normalized spacial score (nSPS) is 13.9. The number of rotatable bonds is 4. The molecule has 70 valence electrons. The number of nitrogens with zero attached hydrogens (tertiary/aromatic N) is 1. The third-order valence-electron chi connectivity index (χ3n) is 1.45. The molecule has 2 nitrogen and oxygen atoms in total. The molecule has 0 amide bonds. The van der Waals surface area contributed by atoms with Gasteiger partial charge in [-0.05, 0) is 19.2 Å². The highest BCUT2D eigenvalue weighted by Crippen LogP contribution is 2.23. The summed E-state index contributed by atoms with van der Waals surface area (Å²) in [5.41, 5.74) is 0. The van der Waals surface area contributed by atoms with Crippen LogP contribution in [-0.4, -0.2) is 23.6 Å². The van der Waals surface area contributed by atoms with Crippen LogP contribution in [0.5, 0.6) is 0 Å². The molecular formula is C9H18N2S. The number of thioether (sulfide) groups is 1. The van der Waals surface area contributed by atoms with Gasteiger partial charge in [0.1, 0.15) is 0 Å². The molecule has 0 aliphatic heterocycles. The van der Waals surface area contributed by atoms with Crippen LogP contribution in [0.15, 0.2) is 0 Å². The van der Waals surface area contributed by atoms with Gasteiger partial charge in [-0.25, -0.2) is 0 Å². The molecule has 1 N–H and O–H groups in total. The van der Waals surface area contributed by atoms with Gasteiger partial charge in [0.05, 0.1) is 12.1 Å². The largest absolute Gasteiger partial charge is 0.305 e. The molecule has 12 heavy (non-hydrogen) atoms. The number of nitriles is 1. The summed E-state index contributed by atoms with van der Waals surface area (Å²) in [6, 6.07) is 2.23. The van der Waals surface area contributed by atoms with Gasteiger partial charge in [-0.3, -0.25) is 0 Å². The fourth-order valence-corrected chi connectivity index (χ4v) is 1.72. The van der Waals surface area contributed by atoms with Gasteiger partial charge in [-0.1, -0.05) is 20.8 Å². The minimum absolute atomic E-state index is 0.0137. The van der Waals surface area contributed by atoms with Crippen molar-refractivity contribution in [3.8, 4) is 6.07 Å². The fourth-order valence-electron chi connectivity index (χ4n) is 0.756. The average Bonchev–Trinajstić information content (AvgIpc) is 1.96. The first-order valence-electron chi connectivity index (χ1n) is 4.20. The van der Waals surface area contributed by atoms with E-state index >= 15 is 0 Å². The Morgan fingerprint density at radius 3 is 2.42 bits per heavy atom. The zero-order valence-corrected chi connectivity index (χ0v) is 9.16. The monoisotopic (exact) mass is 186 g/mol. The third-order valence-corrected chi connectivity index (χ3v) is 2.75. The Morgan fingerprint density at radius 1 is 1.50 bits per heavy atom. The zero-order chi connectivity index (χ0) is 9.61. The molecule has 0 saturated carbocycles. The Hall–Kier alpha value is -0.200. The van der Waals surface area contributed by atoms with Gasteiger partial charge in [0.15, 0.2) is 0 Å². The molecule has 0 radical (unpaired) electrons. The van der Waals surface area contributed by atoms with Gasteiger partial charge in [0.2, 0.25) is 0 Å².